The molecule has 3 aromatic rings. The smallest absolute Gasteiger partial charge is 0.144 e. The summed E-state index contributed by atoms with van der Waals surface area (Å²) in [5, 5.41) is 9.03. The third-order valence-corrected chi connectivity index (χ3v) is 3.80. The van der Waals surface area contributed by atoms with E-state index in [9.17, 15) is 0 Å². The number of aliphatic hydroxyl groups excluding tert-OH is 1. The summed E-state index contributed by atoms with van der Waals surface area (Å²) in [6, 6.07) is 12.0. The van der Waals surface area contributed by atoms with Gasteiger partial charge in [-0.05, 0) is 36.9 Å². The van der Waals surface area contributed by atoms with Crippen molar-refractivity contribution in [3.63, 3.8) is 0 Å². The van der Waals surface area contributed by atoms with Crippen LogP contribution in [0.1, 0.15) is 5.56 Å². The predicted molar refractivity (Wildman–Crippen MR) is 94.6 cm³/mol. The number of nitrogens with zero attached hydrogens (tertiary/aromatic N) is 4. The summed E-state index contributed by atoms with van der Waals surface area (Å²) in [5.41, 5.74) is 8.93. The largest absolute Gasteiger partial charge is 0.395 e. The summed E-state index contributed by atoms with van der Waals surface area (Å²) in [6.07, 6.45) is 5.39. The fourth-order valence-electron chi connectivity index (χ4n) is 2.68. The number of aromatic nitrogens is 3. The van der Waals surface area contributed by atoms with Gasteiger partial charge in [0.05, 0.1) is 6.61 Å². The highest BCUT2D eigenvalue weighted by Crippen LogP contribution is 2.23. The Morgan fingerprint density at radius 3 is 2.83 bits per heavy atom. The second-order valence-corrected chi connectivity index (χ2v) is 5.72. The summed E-state index contributed by atoms with van der Waals surface area (Å²) >= 11 is 0. The van der Waals surface area contributed by atoms with Gasteiger partial charge in [-0.1, -0.05) is 12.1 Å². The first-order valence-corrected chi connectivity index (χ1v) is 7.81. The van der Waals surface area contributed by atoms with Crippen LogP contribution in [0.4, 0.5) is 5.82 Å². The molecule has 2 aromatic heterocycles. The minimum absolute atomic E-state index is 0.158. The van der Waals surface area contributed by atoms with E-state index in [2.05, 4.69) is 27.0 Å². The van der Waals surface area contributed by atoms with Crippen LogP contribution in [-0.4, -0.2) is 44.7 Å². The molecule has 2 heterocycles. The molecule has 0 fully saturated rings. The lowest BCUT2D eigenvalue weighted by molar-refractivity contribution is 0.217. The highest BCUT2D eigenvalue weighted by Gasteiger charge is 2.09. The Labute approximate surface area is 141 Å². The van der Waals surface area contributed by atoms with Gasteiger partial charge < -0.3 is 10.8 Å². The predicted octanol–water partition coefficient (Wildman–Crippen LogP) is 1.94. The quantitative estimate of drug-likeness (QED) is 0.724. The van der Waals surface area contributed by atoms with Crippen molar-refractivity contribution >= 4 is 5.82 Å². The Hall–Kier alpha value is -2.70. The number of likely N-dealkylation sites (N-methyl/N-ethyl adjacent to an activating group) is 1. The number of nitrogen functional groups attached to an aromatic ring is 1. The van der Waals surface area contributed by atoms with Crippen molar-refractivity contribution in [3.05, 3.63) is 60.6 Å². The minimum Gasteiger partial charge on any atom is -0.395 e. The van der Waals surface area contributed by atoms with Crippen molar-refractivity contribution in [1.29, 1.82) is 0 Å². The maximum Gasteiger partial charge on any atom is 0.144 e. The van der Waals surface area contributed by atoms with Gasteiger partial charge in [-0.3, -0.25) is 9.47 Å². The molecule has 1 aromatic carbocycles. The minimum atomic E-state index is 0.158. The molecule has 0 atom stereocenters. The highest BCUT2D eigenvalue weighted by molar-refractivity contribution is 5.61. The number of pyridine rings is 1. The van der Waals surface area contributed by atoms with Crippen molar-refractivity contribution in [2.45, 2.75) is 6.54 Å². The van der Waals surface area contributed by atoms with Gasteiger partial charge in [0.2, 0.25) is 0 Å². The van der Waals surface area contributed by atoms with Gasteiger partial charge in [0.15, 0.2) is 0 Å². The SMILES string of the molecule is CN(CCO)Cc1cccc(-n2ccnc2-c2ccnc(N)c2)c1. The second-order valence-electron chi connectivity index (χ2n) is 5.72. The van der Waals surface area contributed by atoms with E-state index in [0.717, 1.165) is 23.6 Å². The molecule has 0 aliphatic heterocycles. The van der Waals surface area contributed by atoms with E-state index >= 15 is 0 Å². The standard InChI is InChI=1S/C18H21N5O/c1-22(9-10-24)13-14-3-2-4-16(11-14)23-8-7-21-18(23)15-5-6-20-17(19)12-15/h2-8,11-12,24H,9-10,13H2,1H3,(H2,19,20). The molecule has 124 valence electrons. The van der Waals surface area contributed by atoms with Gasteiger partial charge in [-0.15, -0.1) is 0 Å². The molecule has 0 unspecified atom stereocenters. The van der Waals surface area contributed by atoms with Crippen LogP contribution in [-0.2, 0) is 6.54 Å². The van der Waals surface area contributed by atoms with Gasteiger partial charge >= 0.3 is 0 Å². The molecule has 3 N–H and O–H groups in total. The monoisotopic (exact) mass is 323 g/mol. The highest BCUT2D eigenvalue weighted by atomic mass is 16.3. The lowest BCUT2D eigenvalue weighted by atomic mass is 10.1. The van der Waals surface area contributed by atoms with E-state index in [0.29, 0.717) is 12.4 Å². The van der Waals surface area contributed by atoms with E-state index < -0.39 is 0 Å². The van der Waals surface area contributed by atoms with Gasteiger partial charge in [-0.25, -0.2) is 9.97 Å². The second kappa shape index (κ2) is 7.25. The maximum atomic E-state index is 9.03. The Morgan fingerprint density at radius 2 is 2.04 bits per heavy atom. The molecule has 0 aliphatic carbocycles. The summed E-state index contributed by atoms with van der Waals surface area (Å²) < 4.78 is 2.03. The molecular weight excluding hydrogens is 302 g/mol. The summed E-state index contributed by atoms with van der Waals surface area (Å²) in [6.45, 7) is 1.59. The van der Waals surface area contributed by atoms with E-state index in [1.54, 1.807) is 12.4 Å². The molecule has 0 saturated heterocycles. The van der Waals surface area contributed by atoms with Crippen LogP contribution in [0, 0.1) is 0 Å². The fourth-order valence-corrected chi connectivity index (χ4v) is 2.68. The van der Waals surface area contributed by atoms with Crippen molar-refractivity contribution in [1.82, 2.24) is 19.4 Å². The van der Waals surface area contributed by atoms with Crippen molar-refractivity contribution in [3.8, 4) is 17.1 Å². The first kappa shape index (κ1) is 16.2. The first-order chi connectivity index (χ1) is 11.7. The Bertz CT molecular complexity index is 814. The Balaban J connectivity index is 1.92. The zero-order valence-electron chi connectivity index (χ0n) is 13.6. The number of rotatable bonds is 6. The summed E-state index contributed by atoms with van der Waals surface area (Å²) in [4.78, 5) is 10.6. The molecule has 0 saturated carbocycles. The summed E-state index contributed by atoms with van der Waals surface area (Å²) in [5.74, 6) is 1.30. The first-order valence-electron chi connectivity index (χ1n) is 7.81. The normalized spacial score (nSPS) is 11.1. The van der Waals surface area contributed by atoms with E-state index in [4.69, 9.17) is 10.8 Å². The average molecular weight is 323 g/mol. The van der Waals surface area contributed by atoms with Crippen LogP contribution in [0.2, 0.25) is 0 Å². The maximum absolute atomic E-state index is 9.03. The van der Waals surface area contributed by atoms with Crippen LogP contribution in [0.15, 0.2) is 55.0 Å². The fraction of sp³-hybridized carbons (Fsp3) is 0.222. The number of imidazole rings is 1. The lowest BCUT2D eigenvalue weighted by Crippen LogP contribution is -2.21. The molecule has 0 aliphatic rings. The van der Waals surface area contributed by atoms with Gasteiger partial charge in [0.1, 0.15) is 11.6 Å². The summed E-state index contributed by atoms with van der Waals surface area (Å²) in [7, 11) is 1.99. The van der Waals surface area contributed by atoms with Crippen molar-refractivity contribution in [2.75, 3.05) is 25.9 Å². The lowest BCUT2D eigenvalue weighted by Gasteiger charge is -2.16. The molecule has 0 radical (unpaired) electrons. The van der Waals surface area contributed by atoms with Crippen LogP contribution in [0.25, 0.3) is 17.1 Å². The molecular formula is C18H21N5O. The number of nitrogens with two attached hydrogens (primary N) is 1. The number of aliphatic hydroxyl groups is 1. The molecule has 0 spiro atoms. The van der Waals surface area contributed by atoms with Crippen molar-refractivity contribution in [2.24, 2.45) is 0 Å². The van der Waals surface area contributed by atoms with E-state index in [1.165, 1.54) is 5.56 Å². The molecule has 0 amide bonds. The Kier molecular flexibility index (Phi) is 4.88. The third-order valence-electron chi connectivity index (χ3n) is 3.80. The van der Waals surface area contributed by atoms with Crippen LogP contribution < -0.4 is 5.73 Å². The topological polar surface area (TPSA) is 80.2 Å². The Morgan fingerprint density at radius 1 is 1.17 bits per heavy atom. The molecule has 6 nitrogen and oxygen atoms in total. The van der Waals surface area contributed by atoms with Crippen LogP contribution in [0.5, 0.6) is 0 Å². The number of benzene rings is 1. The number of hydrogen-bond acceptors (Lipinski definition) is 5. The number of hydrogen-bond donors (Lipinski definition) is 2. The van der Waals surface area contributed by atoms with Crippen LogP contribution in [0.3, 0.4) is 0 Å². The van der Waals surface area contributed by atoms with E-state index in [-0.39, 0.29) is 6.61 Å². The molecule has 6 heteroatoms. The van der Waals surface area contributed by atoms with Crippen LogP contribution >= 0.6 is 0 Å². The van der Waals surface area contributed by atoms with E-state index in [1.807, 2.05) is 42.1 Å². The molecule has 24 heavy (non-hydrogen) atoms. The number of anilines is 1. The van der Waals surface area contributed by atoms with Crippen molar-refractivity contribution < 1.29 is 5.11 Å². The molecule has 0 bridgehead atoms. The van der Waals surface area contributed by atoms with Gasteiger partial charge in [0, 0.05) is 42.9 Å². The van der Waals surface area contributed by atoms with Gasteiger partial charge in [0.25, 0.3) is 0 Å². The third kappa shape index (κ3) is 3.61. The zero-order chi connectivity index (χ0) is 16.9. The van der Waals surface area contributed by atoms with Gasteiger partial charge in [-0.2, -0.15) is 0 Å². The molecule has 3 rings (SSSR count). The average Bonchev–Trinajstić information content (AvgIpc) is 3.05. The zero-order valence-corrected chi connectivity index (χ0v) is 13.6.